The molecular formula is C13H17FO4. The van der Waals surface area contributed by atoms with Crippen molar-refractivity contribution in [2.75, 3.05) is 13.2 Å². The molecule has 1 N–H and O–H groups in total. The van der Waals surface area contributed by atoms with E-state index in [2.05, 4.69) is 0 Å². The van der Waals surface area contributed by atoms with Crippen LogP contribution in [0, 0.1) is 5.82 Å². The summed E-state index contributed by atoms with van der Waals surface area (Å²) in [4.78, 5) is 10.6. The number of rotatable bonds is 7. The Hall–Kier alpha value is -1.46. The summed E-state index contributed by atoms with van der Waals surface area (Å²) >= 11 is 0. The molecular weight excluding hydrogens is 239 g/mol. The third kappa shape index (κ3) is 4.81. The Labute approximate surface area is 105 Å². The molecule has 1 rings (SSSR count). The van der Waals surface area contributed by atoms with Gasteiger partial charge in [0.15, 0.2) is 0 Å². The predicted molar refractivity (Wildman–Crippen MR) is 64.1 cm³/mol. The summed E-state index contributed by atoms with van der Waals surface area (Å²) < 4.78 is 24.0. The number of hydrogen-bond acceptors (Lipinski definition) is 3. The second-order valence-electron chi connectivity index (χ2n) is 4.08. The molecule has 5 heteroatoms. The molecule has 0 aliphatic heterocycles. The fraction of sp³-hybridized carbons (Fsp3) is 0.462. The summed E-state index contributed by atoms with van der Waals surface area (Å²) in [5.74, 6) is -1.72. The van der Waals surface area contributed by atoms with Gasteiger partial charge in [0, 0.05) is 5.56 Å². The van der Waals surface area contributed by atoms with Crippen molar-refractivity contribution in [3.05, 3.63) is 35.1 Å². The molecule has 0 fully saturated rings. The van der Waals surface area contributed by atoms with Crippen molar-refractivity contribution in [1.29, 1.82) is 0 Å². The van der Waals surface area contributed by atoms with Gasteiger partial charge in [-0.3, -0.25) is 0 Å². The van der Waals surface area contributed by atoms with Gasteiger partial charge in [-0.1, -0.05) is 6.07 Å². The Morgan fingerprint density at radius 2 is 2.11 bits per heavy atom. The van der Waals surface area contributed by atoms with Crippen molar-refractivity contribution < 1.29 is 23.8 Å². The highest BCUT2D eigenvalue weighted by Crippen LogP contribution is 2.11. The minimum Gasteiger partial charge on any atom is -0.478 e. The van der Waals surface area contributed by atoms with Gasteiger partial charge in [0.25, 0.3) is 0 Å². The smallest absolute Gasteiger partial charge is 0.335 e. The third-order valence-electron chi connectivity index (χ3n) is 2.24. The molecule has 4 nitrogen and oxygen atoms in total. The lowest BCUT2D eigenvalue weighted by atomic mass is 10.1. The largest absolute Gasteiger partial charge is 0.478 e. The number of aromatic carboxylic acids is 1. The fourth-order valence-electron chi connectivity index (χ4n) is 1.32. The van der Waals surface area contributed by atoms with Crippen LogP contribution in [0.5, 0.6) is 0 Å². The zero-order valence-corrected chi connectivity index (χ0v) is 10.5. The Morgan fingerprint density at radius 3 is 2.67 bits per heavy atom. The van der Waals surface area contributed by atoms with Crippen LogP contribution in [0.2, 0.25) is 0 Å². The number of carboxylic acid groups (broad SMARTS) is 1. The van der Waals surface area contributed by atoms with E-state index in [1.165, 1.54) is 12.1 Å². The number of carbonyl (C=O) groups is 1. The van der Waals surface area contributed by atoms with Crippen molar-refractivity contribution in [2.24, 2.45) is 0 Å². The monoisotopic (exact) mass is 256 g/mol. The summed E-state index contributed by atoms with van der Waals surface area (Å²) in [6, 6.07) is 3.77. The summed E-state index contributed by atoms with van der Waals surface area (Å²) in [6.45, 7) is 4.77. The maximum Gasteiger partial charge on any atom is 0.335 e. The minimum atomic E-state index is -1.15. The van der Waals surface area contributed by atoms with Gasteiger partial charge in [0.05, 0.1) is 31.5 Å². The van der Waals surface area contributed by atoms with Crippen LogP contribution < -0.4 is 0 Å². The quantitative estimate of drug-likeness (QED) is 0.761. The van der Waals surface area contributed by atoms with Crippen LogP contribution >= 0.6 is 0 Å². The molecule has 0 bridgehead atoms. The van der Waals surface area contributed by atoms with Crippen LogP contribution in [0.1, 0.15) is 29.8 Å². The molecule has 100 valence electrons. The Morgan fingerprint density at radius 1 is 1.39 bits per heavy atom. The third-order valence-corrected chi connectivity index (χ3v) is 2.24. The highest BCUT2D eigenvalue weighted by atomic mass is 19.1. The van der Waals surface area contributed by atoms with E-state index in [-0.39, 0.29) is 18.3 Å². The van der Waals surface area contributed by atoms with E-state index in [0.29, 0.717) is 18.8 Å². The molecule has 0 atom stereocenters. The number of hydrogen-bond donors (Lipinski definition) is 1. The van der Waals surface area contributed by atoms with Crippen molar-refractivity contribution in [1.82, 2.24) is 0 Å². The standard InChI is InChI=1S/C13H17FO4/c1-9(2)18-6-5-17-8-11-4-3-10(13(15)16)7-12(11)14/h3-4,7,9H,5-6,8H2,1-2H3,(H,15,16). The molecule has 0 heterocycles. The molecule has 0 aromatic heterocycles. The van der Waals surface area contributed by atoms with Gasteiger partial charge in [-0.15, -0.1) is 0 Å². The summed E-state index contributed by atoms with van der Waals surface area (Å²) in [6.07, 6.45) is 0.139. The van der Waals surface area contributed by atoms with Crippen molar-refractivity contribution in [3.63, 3.8) is 0 Å². The second kappa shape index (κ2) is 7.08. The fourth-order valence-corrected chi connectivity index (χ4v) is 1.32. The SMILES string of the molecule is CC(C)OCCOCc1ccc(C(=O)O)cc1F. The predicted octanol–water partition coefficient (Wildman–Crippen LogP) is 2.47. The van der Waals surface area contributed by atoms with Gasteiger partial charge < -0.3 is 14.6 Å². The van der Waals surface area contributed by atoms with E-state index >= 15 is 0 Å². The van der Waals surface area contributed by atoms with Gasteiger partial charge in [0.2, 0.25) is 0 Å². The van der Waals surface area contributed by atoms with Crippen molar-refractivity contribution in [2.45, 2.75) is 26.6 Å². The van der Waals surface area contributed by atoms with E-state index in [9.17, 15) is 9.18 Å². The molecule has 0 aliphatic rings. The maximum atomic E-state index is 13.5. The average molecular weight is 256 g/mol. The van der Waals surface area contributed by atoms with Crippen LogP contribution in [0.25, 0.3) is 0 Å². The summed E-state index contributed by atoms with van der Waals surface area (Å²) in [7, 11) is 0. The van der Waals surface area contributed by atoms with E-state index in [1.54, 1.807) is 0 Å². The highest BCUT2D eigenvalue weighted by molar-refractivity contribution is 5.87. The molecule has 1 aromatic rings. The Balaban J connectivity index is 2.41. The van der Waals surface area contributed by atoms with Crippen molar-refractivity contribution in [3.8, 4) is 0 Å². The van der Waals surface area contributed by atoms with Crippen LogP contribution in [0.3, 0.4) is 0 Å². The molecule has 18 heavy (non-hydrogen) atoms. The first-order valence-corrected chi connectivity index (χ1v) is 5.71. The molecule has 0 unspecified atom stereocenters. The Bertz CT molecular complexity index is 404. The highest BCUT2D eigenvalue weighted by Gasteiger charge is 2.08. The van der Waals surface area contributed by atoms with Crippen LogP contribution in [0.4, 0.5) is 4.39 Å². The number of ether oxygens (including phenoxy) is 2. The normalized spacial score (nSPS) is 10.9. The number of benzene rings is 1. The van der Waals surface area contributed by atoms with E-state index in [4.69, 9.17) is 14.6 Å². The lowest BCUT2D eigenvalue weighted by Gasteiger charge is -2.08. The molecule has 0 saturated heterocycles. The first kappa shape index (κ1) is 14.6. The molecule has 0 spiro atoms. The van der Waals surface area contributed by atoms with Crippen LogP contribution in [-0.2, 0) is 16.1 Å². The van der Waals surface area contributed by atoms with Gasteiger partial charge in [-0.2, -0.15) is 0 Å². The molecule has 0 radical (unpaired) electrons. The molecule has 0 amide bonds. The first-order chi connectivity index (χ1) is 8.50. The van der Waals surface area contributed by atoms with Crippen LogP contribution in [-0.4, -0.2) is 30.4 Å². The number of halogens is 1. The first-order valence-electron chi connectivity index (χ1n) is 5.71. The Kier molecular flexibility index (Phi) is 5.74. The number of carboxylic acids is 1. The lowest BCUT2D eigenvalue weighted by Crippen LogP contribution is -2.10. The topological polar surface area (TPSA) is 55.8 Å². The molecule has 0 aliphatic carbocycles. The van der Waals surface area contributed by atoms with Crippen molar-refractivity contribution >= 4 is 5.97 Å². The van der Waals surface area contributed by atoms with Crippen LogP contribution in [0.15, 0.2) is 18.2 Å². The maximum absolute atomic E-state index is 13.5. The van der Waals surface area contributed by atoms with Gasteiger partial charge >= 0.3 is 5.97 Å². The van der Waals surface area contributed by atoms with E-state index in [1.807, 2.05) is 13.8 Å². The summed E-state index contributed by atoms with van der Waals surface area (Å²) in [5.41, 5.74) is 0.268. The second-order valence-corrected chi connectivity index (χ2v) is 4.08. The summed E-state index contributed by atoms with van der Waals surface area (Å²) in [5, 5.41) is 8.68. The zero-order chi connectivity index (χ0) is 13.5. The minimum absolute atomic E-state index is 0.0700. The zero-order valence-electron chi connectivity index (χ0n) is 10.5. The van der Waals surface area contributed by atoms with Gasteiger partial charge in [-0.25, -0.2) is 9.18 Å². The lowest BCUT2D eigenvalue weighted by molar-refractivity contribution is 0.0137. The average Bonchev–Trinajstić information content (AvgIpc) is 2.29. The van der Waals surface area contributed by atoms with Gasteiger partial charge in [0.1, 0.15) is 5.82 Å². The molecule has 0 saturated carbocycles. The molecule has 1 aromatic carbocycles. The van der Waals surface area contributed by atoms with Gasteiger partial charge in [-0.05, 0) is 26.0 Å². The van der Waals surface area contributed by atoms with E-state index < -0.39 is 11.8 Å². The van der Waals surface area contributed by atoms with E-state index in [0.717, 1.165) is 6.07 Å².